The predicted molar refractivity (Wildman–Crippen MR) is 50.7 cm³/mol. The molecule has 0 aliphatic rings. The Hall–Kier alpha value is -1.98. The number of aromatic hydroxyl groups is 1. The van der Waals surface area contributed by atoms with Crippen LogP contribution in [0, 0.1) is 0 Å². The van der Waals surface area contributed by atoms with E-state index in [1.165, 1.54) is 12.1 Å². The Morgan fingerprint density at radius 3 is 2.44 bits per heavy atom. The van der Waals surface area contributed by atoms with E-state index in [9.17, 15) is 18.3 Å². The summed E-state index contributed by atoms with van der Waals surface area (Å²) in [6, 6.07) is 6.04. The van der Waals surface area contributed by atoms with E-state index in [1.54, 1.807) is 12.1 Å². The SMILES string of the molecule is Oc1ccccc1-c1ncc(C(F)(F)F)[nH]1. The number of para-hydroxylation sites is 1. The molecule has 0 unspecified atom stereocenters. The molecule has 0 amide bonds. The van der Waals surface area contributed by atoms with Crippen LogP contribution in [0.1, 0.15) is 5.69 Å². The summed E-state index contributed by atoms with van der Waals surface area (Å²) >= 11 is 0. The summed E-state index contributed by atoms with van der Waals surface area (Å²) in [7, 11) is 0. The van der Waals surface area contributed by atoms with Gasteiger partial charge in [-0.3, -0.25) is 0 Å². The second-order valence-corrected chi connectivity index (χ2v) is 3.16. The molecule has 1 heterocycles. The third-order valence-corrected chi connectivity index (χ3v) is 2.04. The van der Waals surface area contributed by atoms with Crippen molar-refractivity contribution < 1.29 is 18.3 Å². The molecule has 0 saturated heterocycles. The van der Waals surface area contributed by atoms with Gasteiger partial charge in [0.15, 0.2) is 0 Å². The van der Waals surface area contributed by atoms with Crippen LogP contribution in [0.25, 0.3) is 11.4 Å². The van der Waals surface area contributed by atoms with Crippen molar-refractivity contribution in [1.82, 2.24) is 9.97 Å². The second kappa shape index (κ2) is 3.55. The molecule has 0 aliphatic carbocycles. The zero-order valence-corrected chi connectivity index (χ0v) is 7.92. The number of imidazole rings is 1. The summed E-state index contributed by atoms with van der Waals surface area (Å²) < 4.78 is 36.9. The third-order valence-electron chi connectivity index (χ3n) is 2.04. The lowest BCUT2D eigenvalue weighted by Gasteiger charge is -2.02. The molecule has 0 radical (unpaired) electrons. The first-order valence-electron chi connectivity index (χ1n) is 4.39. The van der Waals surface area contributed by atoms with Crippen LogP contribution < -0.4 is 0 Å². The summed E-state index contributed by atoms with van der Waals surface area (Å²) in [6.45, 7) is 0. The maximum Gasteiger partial charge on any atom is 0.432 e. The van der Waals surface area contributed by atoms with Gasteiger partial charge in [-0.25, -0.2) is 4.98 Å². The monoisotopic (exact) mass is 228 g/mol. The smallest absolute Gasteiger partial charge is 0.432 e. The Morgan fingerprint density at radius 2 is 1.88 bits per heavy atom. The number of alkyl halides is 3. The highest BCUT2D eigenvalue weighted by Gasteiger charge is 2.33. The van der Waals surface area contributed by atoms with E-state index in [2.05, 4.69) is 9.97 Å². The topological polar surface area (TPSA) is 48.9 Å². The van der Waals surface area contributed by atoms with Gasteiger partial charge in [0.1, 0.15) is 17.3 Å². The van der Waals surface area contributed by atoms with E-state index in [4.69, 9.17) is 0 Å². The largest absolute Gasteiger partial charge is 0.507 e. The number of phenols is 1. The van der Waals surface area contributed by atoms with Crippen LogP contribution in [0.5, 0.6) is 5.75 Å². The van der Waals surface area contributed by atoms with Gasteiger partial charge < -0.3 is 10.1 Å². The van der Waals surface area contributed by atoms with Gasteiger partial charge in [-0.2, -0.15) is 13.2 Å². The predicted octanol–water partition coefficient (Wildman–Crippen LogP) is 2.80. The molecule has 2 rings (SSSR count). The molecule has 2 aromatic rings. The standard InChI is InChI=1S/C10H7F3N2O/c11-10(12,13)8-5-14-9(15-8)6-3-1-2-4-7(6)16/h1-5,16H,(H,14,15). The van der Waals surface area contributed by atoms with Crippen molar-refractivity contribution in [3.63, 3.8) is 0 Å². The maximum absolute atomic E-state index is 12.3. The Bertz CT molecular complexity index is 505. The van der Waals surface area contributed by atoms with Crippen LogP contribution in [0.4, 0.5) is 13.2 Å². The van der Waals surface area contributed by atoms with E-state index in [1.807, 2.05) is 0 Å². The summed E-state index contributed by atoms with van der Waals surface area (Å²) in [4.78, 5) is 5.69. The minimum absolute atomic E-state index is 0.00887. The number of nitrogens with zero attached hydrogens (tertiary/aromatic N) is 1. The molecule has 1 aromatic carbocycles. The summed E-state index contributed by atoms with van der Waals surface area (Å²) in [5.41, 5.74) is -0.705. The molecule has 2 N–H and O–H groups in total. The van der Waals surface area contributed by atoms with Gasteiger partial charge in [0.25, 0.3) is 0 Å². The van der Waals surface area contributed by atoms with E-state index >= 15 is 0 Å². The van der Waals surface area contributed by atoms with Crippen LogP contribution in [0.2, 0.25) is 0 Å². The molecule has 16 heavy (non-hydrogen) atoms. The zero-order chi connectivity index (χ0) is 11.8. The number of rotatable bonds is 1. The number of hydrogen-bond acceptors (Lipinski definition) is 2. The molecule has 1 aromatic heterocycles. The van der Waals surface area contributed by atoms with Crippen molar-refractivity contribution in [2.75, 3.05) is 0 Å². The van der Waals surface area contributed by atoms with Gasteiger partial charge in [-0.1, -0.05) is 12.1 Å². The van der Waals surface area contributed by atoms with Crippen molar-refractivity contribution >= 4 is 0 Å². The fourth-order valence-electron chi connectivity index (χ4n) is 1.28. The van der Waals surface area contributed by atoms with Crippen LogP contribution in [-0.4, -0.2) is 15.1 Å². The fraction of sp³-hybridized carbons (Fsp3) is 0.100. The fourth-order valence-corrected chi connectivity index (χ4v) is 1.28. The van der Waals surface area contributed by atoms with Crippen molar-refractivity contribution in [2.45, 2.75) is 6.18 Å². The number of phenolic OH excluding ortho intramolecular Hbond substituents is 1. The number of nitrogens with one attached hydrogen (secondary N) is 1. The lowest BCUT2D eigenvalue weighted by Crippen LogP contribution is -2.04. The van der Waals surface area contributed by atoms with Gasteiger partial charge in [0, 0.05) is 0 Å². The van der Waals surface area contributed by atoms with Crippen molar-refractivity contribution in [2.24, 2.45) is 0 Å². The van der Waals surface area contributed by atoms with E-state index in [0.717, 1.165) is 0 Å². The lowest BCUT2D eigenvalue weighted by molar-refractivity contribution is -0.140. The molecule has 84 valence electrons. The zero-order valence-electron chi connectivity index (χ0n) is 7.92. The van der Waals surface area contributed by atoms with Crippen molar-refractivity contribution in [1.29, 1.82) is 0 Å². The van der Waals surface area contributed by atoms with Crippen LogP contribution in [0.3, 0.4) is 0 Å². The minimum Gasteiger partial charge on any atom is -0.507 e. The Kier molecular flexibility index (Phi) is 2.34. The van der Waals surface area contributed by atoms with Crippen LogP contribution in [0.15, 0.2) is 30.5 Å². The molecule has 6 heteroatoms. The molecular weight excluding hydrogens is 221 g/mol. The normalized spacial score (nSPS) is 11.7. The lowest BCUT2D eigenvalue weighted by atomic mass is 10.2. The number of aromatic nitrogens is 2. The molecule has 0 fully saturated rings. The second-order valence-electron chi connectivity index (χ2n) is 3.16. The third kappa shape index (κ3) is 1.86. The maximum atomic E-state index is 12.3. The molecule has 0 aliphatic heterocycles. The Balaban J connectivity index is 2.44. The molecule has 0 spiro atoms. The number of H-pyrrole nitrogens is 1. The number of halogens is 3. The summed E-state index contributed by atoms with van der Waals surface area (Å²) in [6.07, 6.45) is -3.77. The van der Waals surface area contributed by atoms with E-state index < -0.39 is 11.9 Å². The molecule has 0 bridgehead atoms. The Morgan fingerprint density at radius 1 is 1.19 bits per heavy atom. The molecule has 0 atom stereocenters. The van der Waals surface area contributed by atoms with Gasteiger partial charge in [0.2, 0.25) is 0 Å². The van der Waals surface area contributed by atoms with Crippen LogP contribution >= 0.6 is 0 Å². The average molecular weight is 228 g/mol. The first-order valence-corrected chi connectivity index (χ1v) is 4.39. The number of benzene rings is 1. The molecule has 0 saturated carbocycles. The van der Waals surface area contributed by atoms with Crippen molar-refractivity contribution in [3.05, 3.63) is 36.2 Å². The summed E-state index contributed by atoms with van der Waals surface area (Å²) in [5.74, 6) is -0.129. The quantitative estimate of drug-likeness (QED) is 0.788. The first-order chi connectivity index (χ1) is 7.48. The van der Waals surface area contributed by atoms with Gasteiger partial charge in [-0.15, -0.1) is 0 Å². The highest BCUT2D eigenvalue weighted by atomic mass is 19.4. The Labute approximate surface area is 88.6 Å². The summed E-state index contributed by atoms with van der Waals surface area (Å²) in [5, 5.41) is 9.43. The first kappa shape index (κ1) is 10.5. The average Bonchev–Trinajstić information content (AvgIpc) is 2.66. The number of hydrogen-bond donors (Lipinski definition) is 2. The molecule has 3 nitrogen and oxygen atoms in total. The molecular formula is C10H7F3N2O. The van der Waals surface area contributed by atoms with E-state index in [0.29, 0.717) is 6.20 Å². The minimum atomic E-state index is -4.46. The van der Waals surface area contributed by atoms with Crippen LogP contribution in [-0.2, 0) is 6.18 Å². The van der Waals surface area contributed by atoms with Gasteiger partial charge in [0.05, 0.1) is 11.8 Å². The van der Waals surface area contributed by atoms with Crippen molar-refractivity contribution in [3.8, 4) is 17.1 Å². The van der Waals surface area contributed by atoms with Gasteiger partial charge in [-0.05, 0) is 12.1 Å². The number of aromatic amines is 1. The highest BCUT2D eigenvalue weighted by molar-refractivity contribution is 5.63. The van der Waals surface area contributed by atoms with Gasteiger partial charge >= 0.3 is 6.18 Å². The highest BCUT2D eigenvalue weighted by Crippen LogP contribution is 2.31. The van der Waals surface area contributed by atoms with E-state index in [-0.39, 0.29) is 17.1 Å².